The molecular formula is C33H30F2N2O2. The highest BCUT2D eigenvalue weighted by atomic mass is 19.1. The number of aromatic carboxylic acids is 1. The maximum Gasteiger partial charge on any atom is 0.335 e. The number of halogens is 2. The van der Waals surface area contributed by atoms with Crippen LogP contribution >= 0.6 is 0 Å². The molecule has 0 radical (unpaired) electrons. The number of nitriles is 1. The number of hydrogen-bond acceptors (Lipinski definition) is 3. The number of aryl methyl sites for hydroxylation is 2. The fraction of sp³-hybridized carbons (Fsp3) is 0.273. The van der Waals surface area contributed by atoms with E-state index in [0.29, 0.717) is 12.0 Å². The van der Waals surface area contributed by atoms with Crippen LogP contribution in [0, 0.1) is 24.1 Å². The van der Waals surface area contributed by atoms with E-state index >= 15 is 0 Å². The SMILES string of the molecule is Cc1cc(F)ccc1C1=C(c2ccc(C=C3CN(CCCF)C3)c(C#N)c2)c2ccc(C(=O)O)cc2CCC1. The fourth-order valence-corrected chi connectivity index (χ4v) is 5.70. The molecule has 0 bridgehead atoms. The van der Waals surface area contributed by atoms with Crippen molar-refractivity contribution >= 4 is 23.2 Å². The van der Waals surface area contributed by atoms with Crippen molar-refractivity contribution in [2.45, 2.75) is 32.6 Å². The van der Waals surface area contributed by atoms with Crippen molar-refractivity contribution in [2.24, 2.45) is 0 Å². The van der Waals surface area contributed by atoms with Crippen LogP contribution in [0.25, 0.3) is 17.2 Å². The Morgan fingerprint density at radius 2 is 1.87 bits per heavy atom. The lowest BCUT2D eigenvalue weighted by molar-refractivity contribution is 0.0696. The average molecular weight is 525 g/mol. The molecule has 1 heterocycles. The summed E-state index contributed by atoms with van der Waals surface area (Å²) >= 11 is 0. The van der Waals surface area contributed by atoms with E-state index in [-0.39, 0.29) is 18.1 Å². The number of benzene rings is 3. The molecule has 0 spiro atoms. The van der Waals surface area contributed by atoms with E-state index in [1.54, 1.807) is 12.1 Å². The predicted molar refractivity (Wildman–Crippen MR) is 150 cm³/mol. The smallest absolute Gasteiger partial charge is 0.335 e. The minimum Gasteiger partial charge on any atom is -0.478 e. The zero-order valence-electron chi connectivity index (χ0n) is 21.9. The Bertz CT molecular complexity index is 1540. The zero-order chi connectivity index (χ0) is 27.5. The molecule has 2 aliphatic rings. The van der Waals surface area contributed by atoms with Crippen molar-refractivity contribution < 1.29 is 18.7 Å². The lowest BCUT2D eigenvalue weighted by atomic mass is 9.85. The fourth-order valence-electron chi connectivity index (χ4n) is 5.70. The van der Waals surface area contributed by atoms with Crippen molar-refractivity contribution in [3.8, 4) is 6.07 Å². The highest BCUT2D eigenvalue weighted by Crippen LogP contribution is 2.41. The Hall–Kier alpha value is -4.08. The number of hydrogen-bond donors (Lipinski definition) is 1. The number of carbonyl (C=O) groups is 1. The normalized spacial score (nSPS) is 15.3. The number of allylic oxidation sites excluding steroid dienone is 1. The molecule has 0 aromatic heterocycles. The third-order valence-electron chi connectivity index (χ3n) is 7.59. The molecule has 0 saturated carbocycles. The Morgan fingerprint density at radius 3 is 2.59 bits per heavy atom. The molecule has 0 atom stereocenters. The predicted octanol–water partition coefficient (Wildman–Crippen LogP) is 7.06. The molecule has 1 fully saturated rings. The number of carboxylic acids is 1. The van der Waals surface area contributed by atoms with Gasteiger partial charge in [0.2, 0.25) is 0 Å². The van der Waals surface area contributed by atoms with Crippen LogP contribution in [-0.4, -0.2) is 42.3 Å². The van der Waals surface area contributed by atoms with Gasteiger partial charge in [0, 0.05) is 19.6 Å². The Balaban J connectivity index is 1.62. The standard InChI is InChI=1S/C33H30F2N2O2/c1-21-14-28(35)9-11-29(21)31-5-2-4-24-16-26(33(38)39)8-10-30(24)32(31)25-7-6-23(27(17-25)18-36)15-22-19-37(20-22)13-3-12-34/h6-11,14-17H,2-5,12-13,19-20H2,1H3,(H,38,39). The van der Waals surface area contributed by atoms with Crippen molar-refractivity contribution in [1.29, 1.82) is 5.26 Å². The van der Waals surface area contributed by atoms with Crippen LogP contribution in [0.2, 0.25) is 0 Å². The zero-order valence-corrected chi connectivity index (χ0v) is 21.9. The monoisotopic (exact) mass is 524 g/mol. The average Bonchev–Trinajstić information content (AvgIpc) is 3.09. The first kappa shape index (κ1) is 26.5. The van der Waals surface area contributed by atoms with Crippen LogP contribution in [-0.2, 0) is 6.42 Å². The lowest BCUT2D eigenvalue weighted by Gasteiger charge is -2.33. The summed E-state index contributed by atoms with van der Waals surface area (Å²) in [6.45, 7) is 3.89. The van der Waals surface area contributed by atoms with E-state index in [0.717, 1.165) is 83.4 Å². The third-order valence-corrected chi connectivity index (χ3v) is 7.59. The number of nitrogens with zero attached hydrogens (tertiary/aromatic N) is 2. The van der Waals surface area contributed by atoms with Gasteiger partial charge >= 0.3 is 5.97 Å². The van der Waals surface area contributed by atoms with Crippen LogP contribution < -0.4 is 0 Å². The van der Waals surface area contributed by atoms with E-state index < -0.39 is 5.97 Å². The molecule has 198 valence electrons. The first-order valence-corrected chi connectivity index (χ1v) is 13.3. The van der Waals surface area contributed by atoms with Gasteiger partial charge in [0.15, 0.2) is 0 Å². The van der Waals surface area contributed by atoms with Crippen molar-refractivity contribution in [1.82, 2.24) is 4.90 Å². The molecule has 3 aromatic carbocycles. The van der Waals surface area contributed by atoms with Gasteiger partial charge in [0.25, 0.3) is 0 Å². The second kappa shape index (κ2) is 11.3. The minimum absolute atomic E-state index is 0.246. The maximum absolute atomic E-state index is 14.0. The second-order valence-corrected chi connectivity index (χ2v) is 10.3. The summed E-state index contributed by atoms with van der Waals surface area (Å²) in [6, 6.07) is 18.3. The summed E-state index contributed by atoms with van der Waals surface area (Å²) in [5.74, 6) is -1.26. The largest absolute Gasteiger partial charge is 0.478 e. The molecule has 0 amide bonds. The summed E-state index contributed by atoms with van der Waals surface area (Å²) in [5, 5.41) is 19.6. The number of alkyl halides is 1. The number of likely N-dealkylation sites (tertiary alicyclic amines) is 1. The highest BCUT2D eigenvalue weighted by Gasteiger charge is 2.24. The van der Waals surface area contributed by atoms with Crippen LogP contribution in [0.15, 0.2) is 60.2 Å². The van der Waals surface area contributed by atoms with Crippen molar-refractivity contribution in [2.75, 3.05) is 26.3 Å². The third kappa shape index (κ3) is 5.55. The molecule has 1 saturated heterocycles. The molecule has 1 aliphatic carbocycles. The number of fused-ring (bicyclic) bond motifs is 1. The molecule has 6 heteroatoms. The first-order valence-electron chi connectivity index (χ1n) is 13.3. The molecule has 5 rings (SSSR count). The quantitative estimate of drug-likeness (QED) is 0.359. The van der Waals surface area contributed by atoms with Crippen LogP contribution in [0.5, 0.6) is 0 Å². The van der Waals surface area contributed by atoms with Gasteiger partial charge < -0.3 is 5.11 Å². The van der Waals surface area contributed by atoms with Gasteiger partial charge in [-0.05, 0) is 113 Å². The topological polar surface area (TPSA) is 64.3 Å². The van der Waals surface area contributed by atoms with Gasteiger partial charge in [-0.1, -0.05) is 30.3 Å². The first-order chi connectivity index (χ1) is 18.9. The van der Waals surface area contributed by atoms with Crippen molar-refractivity contribution in [3.05, 3.63) is 110 Å². The Kier molecular flexibility index (Phi) is 7.72. The van der Waals surface area contributed by atoms with Gasteiger partial charge in [0.05, 0.1) is 23.9 Å². The molecule has 3 aromatic rings. The van der Waals surface area contributed by atoms with Crippen molar-refractivity contribution in [3.63, 3.8) is 0 Å². The Labute approximate surface area is 227 Å². The molecule has 4 nitrogen and oxygen atoms in total. The molecule has 0 unspecified atom stereocenters. The summed E-state index contributed by atoms with van der Waals surface area (Å²) in [7, 11) is 0. The van der Waals surface area contributed by atoms with Gasteiger partial charge in [-0.25, -0.2) is 9.18 Å². The van der Waals surface area contributed by atoms with E-state index in [2.05, 4.69) is 11.0 Å². The van der Waals surface area contributed by atoms with E-state index in [1.165, 1.54) is 17.7 Å². The summed E-state index contributed by atoms with van der Waals surface area (Å²) in [4.78, 5) is 13.9. The summed E-state index contributed by atoms with van der Waals surface area (Å²) < 4.78 is 26.5. The van der Waals surface area contributed by atoms with E-state index in [9.17, 15) is 23.9 Å². The van der Waals surface area contributed by atoms with Gasteiger partial charge in [-0.2, -0.15) is 5.26 Å². The second-order valence-electron chi connectivity index (χ2n) is 10.3. The van der Waals surface area contributed by atoms with Gasteiger partial charge in [-0.15, -0.1) is 0 Å². The highest BCUT2D eigenvalue weighted by molar-refractivity contribution is 6.01. The Morgan fingerprint density at radius 1 is 1.08 bits per heavy atom. The van der Waals surface area contributed by atoms with Gasteiger partial charge in [-0.3, -0.25) is 9.29 Å². The number of rotatable bonds is 7. The van der Waals surface area contributed by atoms with Crippen LogP contribution in [0.1, 0.15) is 68.6 Å². The van der Waals surface area contributed by atoms with E-state index in [1.807, 2.05) is 43.3 Å². The van der Waals surface area contributed by atoms with E-state index in [4.69, 9.17) is 0 Å². The summed E-state index contributed by atoms with van der Waals surface area (Å²) in [5.41, 5.74) is 9.41. The minimum atomic E-state index is -0.967. The van der Waals surface area contributed by atoms with Crippen LogP contribution in [0.4, 0.5) is 8.78 Å². The van der Waals surface area contributed by atoms with Gasteiger partial charge in [0.1, 0.15) is 5.82 Å². The maximum atomic E-state index is 14.0. The summed E-state index contributed by atoms with van der Waals surface area (Å²) in [6.07, 6.45) is 4.86. The molecule has 1 aliphatic heterocycles. The van der Waals surface area contributed by atoms with Crippen LogP contribution in [0.3, 0.4) is 0 Å². The number of carboxylic acid groups (broad SMARTS) is 1. The lowest BCUT2D eigenvalue weighted by Crippen LogP contribution is -2.40. The molecular weight excluding hydrogens is 494 g/mol. The molecule has 1 N–H and O–H groups in total. The molecule has 39 heavy (non-hydrogen) atoms.